The van der Waals surface area contributed by atoms with E-state index in [1.165, 1.54) is 23.6 Å². The minimum absolute atomic E-state index is 0.280. The highest BCUT2D eigenvalue weighted by Gasteiger charge is 2.15. The highest BCUT2D eigenvalue weighted by Crippen LogP contribution is 2.36. The smallest absolute Gasteiger partial charge is 0.189 e. The van der Waals surface area contributed by atoms with Gasteiger partial charge in [-0.1, -0.05) is 11.3 Å². The third-order valence-electron chi connectivity index (χ3n) is 6.05. The molecule has 1 aliphatic rings. The van der Waals surface area contributed by atoms with Gasteiger partial charge in [-0.3, -0.25) is 4.90 Å². The summed E-state index contributed by atoms with van der Waals surface area (Å²) in [5.41, 5.74) is 3.49. The van der Waals surface area contributed by atoms with Crippen molar-refractivity contribution in [3.05, 3.63) is 59.7 Å². The van der Waals surface area contributed by atoms with Crippen molar-refractivity contribution < 1.29 is 9.13 Å². The van der Waals surface area contributed by atoms with Gasteiger partial charge in [-0.2, -0.15) is 10.2 Å². The average Bonchev–Trinajstić information content (AvgIpc) is 3.33. The Morgan fingerprint density at radius 2 is 1.95 bits per heavy atom. The molecule has 190 valence electrons. The summed E-state index contributed by atoms with van der Waals surface area (Å²) in [5.74, 6) is 0.538. The van der Waals surface area contributed by atoms with Crippen LogP contribution >= 0.6 is 11.3 Å². The maximum Gasteiger partial charge on any atom is 0.189 e. The van der Waals surface area contributed by atoms with Crippen LogP contribution < -0.4 is 16.0 Å². The lowest BCUT2D eigenvalue weighted by molar-refractivity contribution is 0.0378. The molecule has 0 aliphatic carbocycles. The van der Waals surface area contributed by atoms with Crippen LogP contribution in [-0.2, 0) is 4.74 Å². The molecule has 1 aliphatic heterocycles. The second kappa shape index (κ2) is 11.5. The first kappa shape index (κ1) is 24.8. The number of pyridine rings is 2. The molecule has 0 bridgehead atoms. The van der Waals surface area contributed by atoms with Crippen LogP contribution in [-0.4, -0.2) is 59.2 Å². The number of aromatic nitrogens is 3. The molecule has 1 aromatic carbocycles. The first-order valence-electron chi connectivity index (χ1n) is 12.1. The van der Waals surface area contributed by atoms with Gasteiger partial charge < -0.3 is 20.7 Å². The summed E-state index contributed by atoms with van der Waals surface area (Å²) in [7, 11) is 0. The number of ether oxygens (including phenoxy) is 1. The number of anilines is 5. The number of morpholine rings is 1. The second-order valence-electron chi connectivity index (χ2n) is 8.71. The summed E-state index contributed by atoms with van der Waals surface area (Å²) < 4.78 is 19.8. The molecule has 1 saturated heterocycles. The lowest BCUT2D eigenvalue weighted by atomic mass is 10.2. The van der Waals surface area contributed by atoms with E-state index in [1.807, 2.05) is 12.1 Å². The number of hydrogen-bond donors (Lipinski definition) is 3. The summed E-state index contributed by atoms with van der Waals surface area (Å²) >= 11 is 1.38. The summed E-state index contributed by atoms with van der Waals surface area (Å²) in [4.78, 5) is 15.8. The summed E-state index contributed by atoms with van der Waals surface area (Å²) in [6.45, 7) is 7.24. The molecule has 0 spiro atoms. The predicted octanol–water partition coefficient (Wildman–Crippen LogP) is 5.03. The molecule has 3 aromatic heterocycles. The van der Waals surface area contributed by atoms with Crippen LogP contribution in [0.25, 0.3) is 10.3 Å². The maximum absolute atomic E-state index is 13.7. The SMILES string of the molecule is Cc1cc(Nc2c(C#N)cnc3nc(Nc4ccc(NCCCN5CCOCC5)nc4)sc23)ccc1F. The number of nitriles is 1. The van der Waals surface area contributed by atoms with Crippen molar-refractivity contribution in [2.75, 3.05) is 55.3 Å². The standard InChI is InChI=1S/C26H27FN8OS/c1-17-13-19(3-5-21(17)27)32-23-18(14-28)15-31-25-24(23)37-26(34-25)33-20-4-6-22(30-16-20)29-7-2-8-35-9-11-36-12-10-35/h3-6,13,15-16H,2,7-12H2,1H3,(H,29,30)(H2,31,32,33,34). The largest absolute Gasteiger partial charge is 0.379 e. The van der Waals surface area contributed by atoms with Crippen molar-refractivity contribution in [3.63, 3.8) is 0 Å². The van der Waals surface area contributed by atoms with E-state index in [-0.39, 0.29) is 5.82 Å². The Kier molecular flexibility index (Phi) is 7.70. The van der Waals surface area contributed by atoms with Crippen LogP contribution in [0.3, 0.4) is 0 Å². The Morgan fingerprint density at radius 1 is 1.11 bits per heavy atom. The zero-order valence-corrected chi connectivity index (χ0v) is 21.2. The fourth-order valence-electron chi connectivity index (χ4n) is 4.04. The van der Waals surface area contributed by atoms with Gasteiger partial charge in [-0.15, -0.1) is 0 Å². The van der Waals surface area contributed by atoms with Gasteiger partial charge in [-0.05, 0) is 55.8 Å². The number of benzene rings is 1. The Balaban J connectivity index is 1.24. The van der Waals surface area contributed by atoms with Crippen molar-refractivity contribution in [2.45, 2.75) is 13.3 Å². The van der Waals surface area contributed by atoms with Crippen LogP contribution in [0.1, 0.15) is 17.5 Å². The molecule has 9 nitrogen and oxygen atoms in total. The number of halogens is 1. The molecule has 4 aromatic rings. The molecule has 37 heavy (non-hydrogen) atoms. The molecule has 0 atom stereocenters. The molecule has 0 radical (unpaired) electrons. The van der Waals surface area contributed by atoms with Gasteiger partial charge in [0.05, 0.1) is 36.3 Å². The molecular weight excluding hydrogens is 491 g/mol. The highest BCUT2D eigenvalue weighted by atomic mass is 32.1. The van der Waals surface area contributed by atoms with Crippen molar-refractivity contribution in [3.8, 4) is 6.07 Å². The van der Waals surface area contributed by atoms with Crippen molar-refractivity contribution in [2.24, 2.45) is 0 Å². The number of hydrogen-bond acceptors (Lipinski definition) is 10. The molecule has 0 amide bonds. The number of aryl methyl sites for hydroxylation is 1. The van der Waals surface area contributed by atoms with Crippen LogP contribution in [0.15, 0.2) is 42.7 Å². The molecule has 3 N–H and O–H groups in total. The fraction of sp³-hybridized carbons (Fsp3) is 0.308. The van der Waals surface area contributed by atoms with Gasteiger partial charge in [0.15, 0.2) is 10.8 Å². The van der Waals surface area contributed by atoms with Gasteiger partial charge in [-0.25, -0.2) is 14.4 Å². The minimum atomic E-state index is -0.280. The molecule has 4 heterocycles. The molecular formula is C26H27FN8OS. The minimum Gasteiger partial charge on any atom is -0.379 e. The highest BCUT2D eigenvalue weighted by molar-refractivity contribution is 7.22. The van der Waals surface area contributed by atoms with Crippen molar-refractivity contribution >= 4 is 49.7 Å². The van der Waals surface area contributed by atoms with Gasteiger partial charge >= 0.3 is 0 Å². The lowest BCUT2D eigenvalue weighted by Crippen LogP contribution is -2.37. The monoisotopic (exact) mass is 518 g/mol. The van der Waals surface area contributed by atoms with E-state index in [1.54, 1.807) is 25.3 Å². The molecule has 11 heteroatoms. The van der Waals surface area contributed by atoms with Gasteiger partial charge in [0.2, 0.25) is 0 Å². The Hall–Kier alpha value is -3.85. The summed E-state index contributed by atoms with van der Waals surface area (Å²) in [6.07, 6.45) is 4.29. The van der Waals surface area contributed by atoms with Gasteiger partial charge in [0.25, 0.3) is 0 Å². The van der Waals surface area contributed by atoms with Gasteiger partial charge in [0, 0.05) is 31.5 Å². The third-order valence-corrected chi connectivity index (χ3v) is 7.02. The zero-order valence-electron chi connectivity index (χ0n) is 20.4. The van der Waals surface area contributed by atoms with E-state index in [0.29, 0.717) is 33.3 Å². The molecule has 0 saturated carbocycles. The summed E-state index contributed by atoms with van der Waals surface area (Å²) in [6, 6.07) is 10.8. The molecule has 5 rings (SSSR count). The quantitative estimate of drug-likeness (QED) is 0.263. The van der Waals surface area contributed by atoms with Crippen molar-refractivity contribution in [1.29, 1.82) is 5.26 Å². The number of fused-ring (bicyclic) bond motifs is 1. The first-order chi connectivity index (χ1) is 18.1. The lowest BCUT2D eigenvalue weighted by Gasteiger charge is -2.26. The van der Waals surface area contributed by atoms with E-state index < -0.39 is 0 Å². The third kappa shape index (κ3) is 6.11. The number of rotatable bonds is 9. The van der Waals surface area contributed by atoms with Crippen LogP contribution in [0, 0.1) is 24.1 Å². The number of thiazole rings is 1. The average molecular weight is 519 g/mol. The maximum atomic E-state index is 13.7. The van der Waals surface area contributed by atoms with Crippen LogP contribution in [0.2, 0.25) is 0 Å². The second-order valence-corrected chi connectivity index (χ2v) is 9.71. The predicted molar refractivity (Wildman–Crippen MR) is 144 cm³/mol. The van der Waals surface area contributed by atoms with Crippen LogP contribution in [0.5, 0.6) is 0 Å². The van der Waals surface area contributed by atoms with Gasteiger partial charge in [0.1, 0.15) is 22.4 Å². The summed E-state index contributed by atoms with van der Waals surface area (Å²) in [5, 5.41) is 20.1. The van der Waals surface area contributed by atoms with E-state index in [0.717, 1.165) is 62.0 Å². The van der Waals surface area contributed by atoms with E-state index in [4.69, 9.17) is 4.74 Å². The number of nitrogens with one attached hydrogen (secondary N) is 3. The fourth-order valence-corrected chi connectivity index (χ4v) is 4.99. The Labute approximate surface area is 218 Å². The Bertz CT molecular complexity index is 1410. The first-order valence-corrected chi connectivity index (χ1v) is 12.9. The normalized spacial score (nSPS) is 13.9. The van der Waals surface area contributed by atoms with E-state index >= 15 is 0 Å². The number of nitrogens with zero attached hydrogens (tertiary/aromatic N) is 5. The molecule has 0 unspecified atom stereocenters. The van der Waals surface area contributed by atoms with Crippen molar-refractivity contribution in [1.82, 2.24) is 19.9 Å². The Morgan fingerprint density at radius 3 is 2.70 bits per heavy atom. The van der Waals surface area contributed by atoms with E-state index in [9.17, 15) is 9.65 Å². The van der Waals surface area contributed by atoms with Crippen LogP contribution in [0.4, 0.5) is 32.4 Å². The zero-order chi connectivity index (χ0) is 25.6. The topological polar surface area (TPSA) is 111 Å². The van der Waals surface area contributed by atoms with E-state index in [2.05, 4.69) is 41.9 Å². The molecule has 1 fully saturated rings.